The summed E-state index contributed by atoms with van der Waals surface area (Å²) < 4.78 is 22.4. The SMILES string of the molecule is COc1c(OC(C)=O)c(OC)c2c3c1CCN(C)c3c(C)c1cc(OC(C)=O)ccc12. The van der Waals surface area contributed by atoms with Gasteiger partial charge in [0.25, 0.3) is 0 Å². The van der Waals surface area contributed by atoms with Crippen molar-refractivity contribution in [3.8, 4) is 23.0 Å². The van der Waals surface area contributed by atoms with Crippen molar-refractivity contribution in [2.75, 3.05) is 32.7 Å². The number of methoxy groups -OCH3 is 2. The van der Waals surface area contributed by atoms with Crippen molar-refractivity contribution in [2.24, 2.45) is 0 Å². The predicted molar refractivity (Wildman–Crippen MR) is 119 cm³/mol. The van der Waals surface area contributed by atoms with Gasteiger partial charge in [0.1, 0.15) is 5.75 Å². The Balaban J connectivity index is 2.24. The van der Waals surface area contributed by atoms with Crippen LogP contribution in [0.2, 0.25) is 0 Å². The van der Waals surface area contributed by atoms with Crippen molar-refractivity contribution in [1.29, 1.82) is 0 Å². The summed E-state index contributed by atoms with van der Waals surface area (Å²) in [6, 6.07) is 5.52. The number of esters is 2. The fourth-order valence-electron chi connectivity index (χ4n) is 4.60. The first-order valence-corrected chi connectivity index (χ1v) is 10.0. The normalized spacial score (nSPS) is 12.8. The van der Waals surface area contributed by atoms with Crippen molar-refractivity contribution < 1.29 is 28.5 Å². The summed E-state index contributed by atoms with van der Waals surface area (Å²) in [6.45, 7) is 5.56. The zero-order valence-corrected chi connectivity index (χ0v) is 18.5. The maximum atomic E-state index is 11.9. The molecule has 0 aliphatic carbocycles. The molecular formula is C24H25NO6. The Hall–Kier alpha value is -3.48. The summed E-state index contributed by atoms with van der Waals surface area (Å²) in [7, 11) is 5.17. The molecule has 31 heavy (non-hydrogen) atoms. The maximum Gasteiger partial charge on any atom is 0.308 e. The predicted octanol–water partition coefficient (Wildman–Crippen LogP) is 4.16. The van der Waals surface area contributed by atoms with Crippen LogP contribution in [0, 0.1) is 6.92 Å². The minimum Gasteiger partial charge on any atom is -0.492 e. The Labute approximate surface area is 180 Å². The molecule has 4 rings (SSSR count). The summed E-state index contributed by atoms with van der Waals surface area (Å²) in [5.41, 5.74) is 3.09. The molecule has 0 N–H and O–H groups in total. The lowest BCUT2D eigenvalue weighted by atomic mass is 9.87. The fraction of sp³-hybridized carbons (Fsp3) is 0.333. The van der Waals surface area contributed by atoms with Crippen LogP contribution in [0.15, 0.2) is 18.2 Å². The smallest absolute Gasteiger partial charge is 0.308 e. The van der Waals surface area contributed by atoms with Gasteiger partial charge in [-0.25, -0.2) is 0 Å². The molecule has 0 atom stereocenters. The molecule has 1 heterocycles. The number of rotatable bonds is 4. The molecule has 162 valence electrons. The summed E-state index contributed by atoms with van der Waals surface area (Å²) >= 11 is 0. The van der Waals surface area contributed by atoms with Gasteiger partial charge >= 0.3 is 11.9 Å². The van der Waals surface area contributed by atoms with Gasteiger partial charge in [-0.1, -0.05) is 0 Å². The highest BCUT2D eigenvalue weighted by Gasteiger charge is 2.31. The molecule has 0 radical (unpaired) electrons. The quantitative estimate of drug-likeness (QED) is 0.354. The first kappa shape index (κ1) is 20.8. The van der Waals surface area contributed by atoms with Gasteiger partial charge in [-0.15, -0.1) is 0 Å². The monoisotopic (exact) mass is 423 g/mol. The van der Waals surface area contributed by atoms with Gasteiger partial charge in [0.05, 0.1) is 14.2 Å². The Bertz CT molecular complexity index is 1250. The highest BCUT2D eigenvalue weighted by Crippen LogP contribution is 2.54. The first-order valence-electron chi connectivity index (χ1n) is 10.0. The van der Waals surface area contributed by atoms with Gasteiger partial charge in [-0.2, -0.15) is 0 Å². The largest absolute Gasteiger partial charge is 0.492 e. The van der Waals surface area contributed by atoms with Gasteiger partial charge in [0, 0.05) is 49.5 Å². The second kappa shape index (κ2) is 7.65. The lowest BCUT2D eigenvalue weighted by Crippen LogP contribution is -2.26. The van der Waals surface area contributed by atoms with Gasteiger partial charge in [0.2, 0.25) is 5.75 Å². The van der Waals surface area contributed by atoms with Crippen molar-refractivity contribution in [3.63, 3.8) is 0 Å². The number of nitrogens with zero attached hydrogens (tertiary/aromatic N) is 1. The standard InChI is InChI=1S/C24H25NO6/c1-12-18-11-15(30-13(2)26)7-8-16(18)20-19-17(9-10-25(4)21(12)19)22(28-5)24(23(20)29-6)31-14(3)27/h7-8,11H,9-10H2,1-6H3. The van der Waals surface area contributed by atoms with E-state index < -0.39 is 5.97 Å². The van der Waals surface area contributed by atoms with Gasteiger partial charge < -0.3 is 23.8 Å². The van der Waals surface area contributed by atoms with E-state index in [1.807, 2.05) is 19.2 Å². The van der Waals surface area contributed by atoms with Crippen molar-refractivity contribution in [3.05, 3.63) is 29.3 Å². The molecule has 0 spiro atoms. The van der Waals surface area contributed by atoms with Gasteiger partial charge in [0.15, 0.2) is 11.5 Å². The average molecular weight is 423 g/mol. The number of hydrogen-bond donors (Lipinski definition) is 0. The van der Waals surface area contributed by atoms with Crippen LogP contribution in [-0.4, -0.2) is 39.8 Å². The van der Waals surface area contributed by atoms with Gasteiger partial charge in [-0.3, -0.25) is 9.59 Å². The summed E-state index contributed by atoms with van der Waals surface area (Å²) in [6.07, 6.45) is 0.734. The average Bonchev–Trinajstić information content (AvgIpc) is 2.71. The van der Waals surface area contributed by atoms with Crippen LogP contribution in [0.4, 0.5) is 5.69 Å². The third-order valence-corrected chi connectivity index (χ3v) is 5.72. The number of carbonyl (C=O) groups is 2. The zero-order chi connectivity index (χ0) is 22.4. The van der Waals surface area contributed by atoms with E-state index in [1.54, 1.807) is 20.3 Å². The summed E-state index contributed by atoms with van der Waals surface area (Å²) in [4.78, 5) is 25.6. The molecule has 1 aliphatic heterocycles. The number of aryl methyl sites for hydroxylation is 1. The summed E-state index contributed by atoms with van der Waals surface area (Å²) in [5, 5.41) is 3.70. The minimum absolute atomic E-state index is 0.282. The van der Waals surface area contributed by atoms with Crippen LogP contribution in [-0.2, 0) is 16.0 Å². The van der Waals surface area contributed by atoms with Crippen LogP contribution in [0.5, 0.6) is 23.0 Å². The number of benzene rings is 3. The van der Waals surface area contributed by atoms with Crippen LogP contribution in [0.25, 0.3) is 21.5 Å². The molecule has 0 saturated heterocycles. The molecule has 0 bridgehead atoms. The van der Waals surface area contributed by atoms with Crippen LogP contribution >= 0.6 is 0 Å². The van der Waals surface area contributed by atoms with E-state index in [1.165, 1.54) is 13.8 Å². The molecule has 7 nitrogen and oxygen atoms in total. The molecule has 7 heteroatoms. The number of ether oxygens (including phenoxy) is 4. The van der Waals surface area contributed by atoms with Crippen LogP contribution in [0.3, 0.4) is 0 Å². The topological polar surface area (TPSA) is 74.3 Å². The highest BCUT2D eigenvalue weighted by molar-refractivity contribution is 6.21. The Kier molecular flexibility index (Phi) is 5.13. The third-order valence-electron chi connectivity index (χ3n) is 5.72. The minimum atomic E-state index is -0.454. The van der Waals surface area contributed by atoms with Crippen LogP contribution < -0.4 is 23.8 Å². The third kappa shape index (κ3) is 3.21. The number of carbonyl (C=O) groups excluding carboxylic acids is 2. The molecular weight excluding hydrogens is 398 g/mol. The Morgan fingerprint density at radius 3 is 2.19 bits per heavy atom. The maximum absolute atomic E-state index is 11.9. The van der Waals surface area contributed by atoms with E-state index in [-0.39, 0.29) is 11.7 Å². The van der Waals surface area contributed by atoms with Crippen molar-refractivity contribution in [2.45, 2.75) is 27.2 Å². The lowest BCUT2D eigenvalue weighted by molar-refractivity contribution is -0.132. The van der Waals surface area contributed by atoms with Crippen molar-refractivity contribution in [1.82, 2.24) is 0 Å². The van der Waals surface area contributed by atoms with E-state index in [4.69, 9.17) is 18.9 Å². The van der Waals surface area contributed by atoms with E-state index in [9.17, 15) is 9.59 Å². The summed E-state index contributed by atoms with van der Waals surface area (Å²) in [5.74, 6) is 0.880. The molecule has 0 aromatic heterocycles. The van der Waals surface area contributed by atoms with Crippen LogP contribution in [0.1, 0.15) is 25.0 Å². The second-order valence-electron chi connectivity index (χ2n) is 7.66. The molecule has 1 aliphatic rings. The number of hydrogen-bond acceptors (Lipinski definition) is 7. The van der Waals surface area contributed by atoms with Crippen molar-refractivity contribution >= 4 is 39.2 Å². The first-order chi connectivity index (χ1) is 14.8. The number of fused-ring (bicyclic) bond motifs is 2. The molecule has 0 amide bonds. The Morgan fingerprint density at radius 1 is 0.903 bits per heavy atom. The van der Waals surface area contributed by atoms with E-state index in [0.717, 1.165) is 51.3 Å². The molecule has 0 fully saturated rings. The van der Waals surface area contributed by atoms with E-state index in [2.05, 4.69) is 11.8 Å². The zero-order valence-electron chi connectivity index (χ0n) is 18.5. The molecule has 0 saturated carbocycles. The van der Waals surface area contributed by atoms with E-state index in [0.29, 0.717) is 17.2 Å². The molecule has 3 aromatic carbocycles. The highest BCUT2D eigenvalue weighted by atomic mass is 16.6. The van der Waals surface area contributed by atoms with E-state index >= 15 is 0 Å². The fourth-order valence-corrected chi connectivity index (χ4v) is 4.60. The lowest BCUT2D eigenvalue weighted by Gasteiger charge is -2.33. The van der Waals surface area contributed by atoms with Gasteiger partial charge in [-0.05, 0) is 47.9 Å². The molecule has 3 aromatic rings. The molecule has 0 unspecified atom stereocenters. The number of likely N-dealkylation sites (N-methyl/N-ethyl adjacent to an activating group) is 1. The number of anilines is 1. The Morgan fingerprint density at radius 2 is 1.58 bits per heavy atom. The second-order valence-corrected chi connectivity index (χ2v) is 7.66.